The van der Waals surface area contributed by atoms with Gasteiger partial charge in [0.05, 0.1) is 11.6 Å². The maximum Gasteiger partial charge on any atom is 0.125 e. The molecule has 1 rings (SSSR count). The Hall–Kier alpha value is 0.0200. The lowest BCUT2D eigenvalue weighted by atomic mass is 10.2. The Balaban J connectivity index is 2.89. The second kappa shape index (κ2) is 4.90. The molecule has 0 atom stereocenters. The number of halogens is 3. The summed E-state index contributed by atoms with van der Waals surface area (Å²) in [7, 11) is 0. The minimum atomic E-state index is 0.334. The Bertz CT molecular complexity index is 253. The van der Waals surface area contributed by atoms with Gasteiger partial charge in [-0.1, -0.05) is 23.2 Å². The fourth-order valence-electron chi connectivity index (χ4n) is 0.866. The van der Waals surface area contributed by atoms with Gasteiger partial charge >= 0.3 is 0 Å². The van der Waals surface area contributed by atoms with Gasteiger partial charge in [-0.25, -0.2) is 4.99 Å². The molecule has 0 N–H and O–H groups in total. The Labute approximate surface area is 86.7 Å². The van der Waals surface area contributed by atoms with Gasteiger partial charge in [0.1, 0.15) is 5.16 Å². The van der Waals surface area contributed by atoms with Gasteiger partial charge in [-0.05, 0) is 25.0 Å². The molecule has 0 saturated heterocycles. The lowest BCUT2D eigenvalue weighted by Crippen LogP contribution is -1.97. The highest BCUT2D eigenvalue weighted by molar-refractivity contribution is 6.36. The zero-order valence-corrected chi connectivity index (χ0v) is 8.62. The van der Waals surface area contributed by atoms with Gasteiger partial charge in [-0.3, -0.25) is 0 Å². The van der Waals surface area contributed by atoms with Crippen molar-refractivity contribution in [2.24, 2.45) is 4.99 Å². The lowest BCUT2D eigenvalue weighted by Gasteiger charge is -2.02. The number of alkyl halides is 1. The third kappa shape index (κ3) is 3.18. The van der Waals surface area contributed by atoms with Crippen molar-refractivity contribution in [1.29, 1.82) is 0 Å². The molecule has 0 radical (unpaired) electrons. The fourth-order valence-corrected chi connectivity index (χ4v) is 1.46. The molecular weight excluding hydrogens is 216 g/mol. The van der Waals surface area contributed by atoms with Gasteiger partial charge in [0.2, 0.25) is 0 Å². The van der Waals surface area contributed by atoms with Gasteiger partial charge < -0.3 is 0 Å². The van der Waals surface area contributed by atoms with Crippen LogP contribution in [0.2, 0.25) is 0 Å². The van der Waals surface area contributed by atoms with Gasteiger partial charge in [-0.2, -0.15) is 0 Å². The summed E-state index contributed by atoms with van der Waals surface area (Å²) >= 11 is 17.2. The van der Waals surface area contributed by atoms with E-state index in [9.17, 15) is 0 Å². The molecule has 66 valence electrons. The van der Waals surface area contributed by atoms with E-state index >= 15 is 0 Å². The molecule has 0 unspecified atom stereocenters. The topological polar surface area (TPSA) is 12.4 Å². The minimum Gasteiger partial charge on any atom is -0.240 e. The van der Waals surface area contributed by atoms with Crippen molar-refractivity contribution < 1.29 is 0 Å². The van der Waals surface area contributed by atoms with Crippen LogP contribution in [0.15, 0.2) is 27.3 Å². The van der Waals surface area contributed by atoms with Crippen molar-refractivity contribution in [3.63, 3.8) is 0 Å². The van der Waals surface area contributed by atoms with E-state index in [1.165, 1.54) is 0 Å². The molecule has 0 bridgehead atoms. The van der Waals surface area contributed by atoms with Crippen LogP contribution >= 0.6 is 34.8 Å². The van der Waals surface area contributed by atoms with Crippen LogP contribution in [0.25, 0.3) is 0 Å². The molecule has 1 aliphatic rings. The summed E-state index contributed by atoms with van der Waals surface area (Å²) in [6.07, 6.45) is 5.23. The molecule has 0 spiro atoms. The molecule has 0 fully saturated rings. The van der Waals surface area contributed by atoms with E-state index in [1.807, 2.05) is 6.08 Å². The molecule has 1 heterocycles. The number of nitrogens with zero attached hydrogens (tertiary/aromatic N) is 1. The van der Waals surface area contributed by atoms with E-state index in [-0.39, 0.29) is 0 Å². The van der Waals surface area contributed by atoms with Crippen molar-refractivity contribution in [1.82, 2.24) is 0 Å². The second-order valence-corrected chi connectivity index (χ2v) is 3.53. The van der Waals surface area contributed by atoms with Gasteiger partial charge in [0, 0.05) is 5.03 Å². The molecule has 0 aromatic heterocycles. The standard InChI is InChI=1S/C8H8Cl3N/c9-5-7-4-6(10)2-1-3-8(11)12-7/h3-4H,1-2,5H2/b6-4+,8-3-,12-7+. The minimum absolute atomic E-state index is 0.334. The molecule has 0 aromatic carbocycles. The molecule has 0 amide bonds. The van der Waals surface area contributed by atoms with Crippen LogP contribution in [-0.2, 0) is 0 Å². The molecule has 1 aliphatic heterocycles. The highest BCUT2D eigenvalue weighted by Gasteiger charge is 2.01. The van der Waals surface area contributed by atoms with E-state index in [0.717, 1.165) is 17.9 Å². The summed E-state index contributed by atoms with van der Waals surface area (Å²) in [5, 5.41) is 1.26. The quantitative estimate of drug-likeness (QED) is 0.476. The highest BCUT2D eigenvalue weighted by atomic mass is 35.5. The monoisotopic (exact) mass is 223 g/mol. The van der Waals surface area contributed by atoms with Crippen LogP contribution in [-0.4, -0.2) is 11.6 Å². The largest absolute Gasteiger partial charge is 0.240 e. The van der Waals surface area contributed by atoms with E-state index in [2.05, 4.69) is 4.99 Å². The highest BCUT2D eigenvalue weighted by Crippen LogP contribution is 2.17. The number of rotatable bonds is 1. The Kier molecular flexibility index (Phi) is 4.13. The van der Waals surface area contributed by atoms with E-state index in [1.54, 1.807) is 6.08 Å². The van der Waals surface area contributed by atoms with E-state index in [0.29, 0.717) is 16.7 Å². The van der Waals surface area contributed by atoms with Crippen LogP contribution < -0.4 is 0 Å². The average molecular weight is 225 g/mol. The third-order valence-corrected chi connectivity index (χ3v) is 2.22. The van der Waals surface area contributed by atoms with Crippen molar-refractivity contribution in [3.05, 3.63) is 22.3 Å². The zero-order chi connectivity index (χ0) is 8.97. The fraction of sp³-hybridized carbons (Fsp3) is 0.375. The third-order valence-electron chi connectivity index (χ3n) is 1.41. The summed E-state index contributed by atoms with van der Waals surface area (Å²) in [6.45, 7) is 0. The van der Waals surface area contributed by atoms with E-state index in [4.69, 9.17) is 34.8 Å². The first-order valence-electron chi connectivity index (χ1n) is 3.57. The lowest BCUT2D eigenvalue weighted by molar-refractivity contribution is 1.02. The molecule has 0 aliphatic carbocycles. The zero-order valence-electron chi connectivity index (χ0n) is 6.36. The van der Waals surface area contributed by atoms with Crippen molar-refractivity contribution in [3.8, 4) is 0 Å². The SMILES string of the molecule is ClCC1=N/C(Cl)=C\CC/C(Cl)=C\1. The van der Waals surface area contributed by atoms with Crippen molar-refractivity contribution in [2.75, 3.05) is 5.88 Å². The predicted octanol–water partition coefficient (Wildman–Crippen LogP) is 3.66. The molecular formula is C8H8Cl3N. The number of hydrogen-bond donors (Lipinski definition) is 0. The van der Waals surface area contributed by atoms with Crippen LogP contribution in [0.3, 0.4) is 0 Å². The van der Waals surface area contributed by atoms with Crippen molar-refractivity contribution in [2.45, 2.75) is 12.8 Å². The number of allylic oxidation sites excluding steroid dienone is 3. The predicted molar refractivity (Wildman–Crippen MR) is 55.3 cm³/mol. The number of hydrogen-bond acceptors (Lipinski definition) is 1. The average Bonchev–Trinajstić information content (AvgIpc) is 2.00. The van der Waals surface area contributed by atoms with Gasteiger partial charge in [-0.15, -0.1) is 11.6 Å². The summed E-state index contributed by atoms with van der Waals surface area (Å²) in [5.41, 5.74) is 0.711. The summed E-state index contributed by atoms with van der Waals surface area (Å²) in [5.74, 6) is 0.334. The Morgan fingerprint density at radius 2 is 2.17 bits per heavy atom. The van der Waals surface area contributed by atoms with Crippen LogP contribution in [0.1, 0.15) is 12.8 Å². The molecule has 1 nitrogen and oxygen atoms in total. The first-order valence-corrected chi connectivity index (χ1v) is 4.86. The van der Waals surface area contributed by atoms with Gasteiger partial charge in [0.15, 0.2) is 0 Å². The Morgan fingerprint density at radius 3 is 2.83 bits per heavy atom. The first-order chi connectivity index (χ1) is 5.72. The first kappa shape index (κ1) is 10.1. The summed E-state index contributed by atoms with van der Waals surface area (Å²) in [4.78, 5) is 4.06. The molecule has 4 heteroatoms. The normalized spacial score (nSPS) is 31.8. The summed E-state index contributed by atoms with van der Waals surface area (Å²) in [6, 6.07) is 0. The number of aliphatic imine (C=N–C) groups is 1. The molecule has 12 heavy (non-hydrogen) atoms. The van der Waals surface area contributed by atoms with Crippen molar-refractivity contribution >= 4 is 40.5 Å². The smallest absolute Gasteiger partial charge is 0.125 e. The maximum absolute atomic E-state index is 5.86. The van der Waals surface area contributed by atoms with Crippen LogP contribution in [0.5, 0.6) is 0 Å². The van der Waals surface area contributed by atoms with Gasteiger partial charge in [0.25, 0.3) is 0 Å². The van der Waals surface area contributed by atoms with Crippen LogP contribution in [0, 0.1) is 0 Å². The molecule has 0 saturated carbocycles. The van der Waals surface area contributed by atoms with E-state index < -0.39 is 0 Å². The Morgan fingerprint density at radius 1 is 1.42 bits per heavy atom. The second-order valence-electron chi connectivity index (χ2n) is 2.39. The van der Waals surface area contributed by atoms with Crippen LogP contribution in [0.4, 0.5) is 0 Å². The maximum atomic E-state index is 5.86. The summed E-state index contributed by atoms with van der Waals surface area (Å²) < 4.78 is 0. The molecule has 0 aromatic rings.